The summed E-state index contributed by atoms with van der Waals surface area (Å²) in [7, 11) is 0. The Balaban J connectivity index is 3.57. The Morgan fingerprint density at radius 3 is 2.40 bits per heavy atom. The summed E-state index contributed by atoms with van der Waals surface area (Å²) < 4.78 is 35.9. The van der Waals surface area contributed by atoms with E-state index in [2.05, 4.69) is 0 Å². The van der Waals surface area contributed by atoms with Crippen LogP contribution in [0.1, 0.15) is 10.4 Å². The fraction of sp³-hybridized carbons (Fsp3) is 0.143. The molecule has 0 saturated carbocycles. The van der Waals surface area contributed by atoms with Crippen LogP contribution in [-0.2, 0) is 6.30 Å². The third-order valence-corrected chi connectivity index (χ3v) is 1.69. The Morgan fingerprint density at radius 1 is 1.47 bits per heavy atom. The zero-order valence-corrected chi connectivity index (χ0v) is 7.63. The molecule has 0 radical (unpaired) electrons. The van der Waals surface area contributed by atoms with Crippen LogP contribution in [0.4, 0.5) is 13.2 Å². The average molecular weight is 242 g/mol. The van der Waals surface area contributed by atoms with Crippen LogP contribution in [0.25, 0.3) is 0 Å². The van der Waals surface area contributed by atoms with E-state index in [0.29, 0.717) is 12.3 Å². The van der Waals surface area contributed by atoms with Crippen molar-refractivity contribution in [3.8, 4) is 0 Å². The van der Waals surface area contributed by atoms with Gasteiger partial charge in [0.1, 0.15) is 5.56 Å². The highest BCUT2D eigenvalue weighted by Crippen LogP contribution is 2.21. The quantitative estimate of drug-likeness (QED) is 0.814. The van der Waals surface area contributed by atoms with Crippen LogP contribution in [0, 0.1) is 0 Å². The van der Waals surface area contributed by atoms with Gasteiger partial charge in [0.05, 0.1) is 5.02 Å². The Bertz CT molecular complexity index is 466. The van der Waals surface area contributed by atoms with Crippen LogP contribution in [0.2, 0.25) is 5.02 Å². The molecule has 0 aromatic carbocycles. The first-order chi connectivity index (χ1) is 6.73. The smallest absolute Gasteiger partial charge is 0.477 e. The molecular weight excluding hydrogens is 239 g/mol. The first-order valence-electron chi connectivity index (χ1n) is 3.46. The molecule has 0 spiro atoms. The summed E-state index contributed by atoms with van der Waals surface area (Å²) >= 11 is 5.25. The SMILES string of the molecule is O=C(O)c1cc(Cl)cn(C(F)(F)F)c1=O. The van der Waals surface area contributed by atoms with E-state index in [0.717, 1.165) is 0 Å². The lowest BCUT2D eigenvalue weighted by Gasteiger charge is -2.10. The third kappa shape index (κ3) is 2.30. The summed E-state index contributed by atoms with van der Waals surface area (Å²) in [6.07, 6.45) is -4.68. The third-order valence-electron chi connectivity index (χ3n) is 1.49. The van der Waals surface area contributed by atoms with Crippen LogP contribution in [0.15, 0.2) is 17.1 Å². The van der Waals surface area contributed by atoms with Crippen molar-refractivity contribution < 1.29 is 23.1 Å². The standard InChI is InChI=1S/C7H3ClF3NO3/c8-3-1-4(6(14)15)5(13)12(2-3)7(9,10)11/h1-2H,(H,14,15). The zero-order valence-electron chi connectivity index (χ0n) is 6.88. The number of hydrogen-bond donors (Lipinski definition) is 1. The van der Waals surface area contributed by atoms with Gasteiger partial charge in [-0.2, -0.15) is 0 Å². The summed E-state index contributed by atoms with van der Waals surface area (Å²) in [5.74, 6) is -1.76. The number of carboxylic acid groups (broad SMARTS) is 1. The number of carbonyl (C=O) groups is 1. The number of alkyl halides is 3. The maximum absolute atomic E-state index is 12.2. The molecule has 1 rings (SSSR count). The fourth-order valence-electron chi connectivity index (χ4n) is 0.890. The van der Waals surface area contributed by atoms with E-state index in [1.54, 1.807) is 0 Å². The van der Waals surface area contributed by atoms with Crippen molar-refractivity contribution in [2.75, 3.05) is 0 Å². The normalized spacial score (nSPS) is 11.5. The van der Waals surface area contributed by atoms with Crippen LogP contribution in [0.5, 0.6) is 0 Å². The molecule has 0 aliphatic rings. The largest absolute Gasteiger partial charge is 0.491 e. The van der Waals surface area contributed by atoms with E-state index in [9.17, 15) is 22.8 Å². The molecule has 1 aromatic heterocycles. The second-order valence-electron chi connectivity index (χ2n) is 2.52. The Kier molecular flexibility index (Phi) is 2.76. The Morgan fingerprint density at radius 2 is 2.00 bits per heavy atom. The molecular formula is C7H3ClF3NO3. The summed E-state index contributed by atoms with van der Waals surface area (Å²) in [5, 5.41) is 7.96. The van der Waals surface area contributed by atoms with E-state index in [4.69, 9.17) is 16.7 Å². The Hall–Kier alpha value is -1.50. The summed E-state index contributed by atoms with van der Waals surface area (Å²) in [6.45, 7) is 0. The second kappa shape index (κ2) is 3.58. The van der Waals surface area contributed by atoms with Crippen molar-refractivity contribution in [3.63, 3.8) is 0 Å². The number of aromatic carboxylic acids is 1. The van der Waals surface area contributed by atoms with Crippen molar-refractivity contribution >= 4 is 17.6 Å². The van der Waals surface area contributed by atoms with Crippen LogP contribution in [-0.4, -0.2) is 15.6 Å². The summed E-state index contributed by atoms with van der Waals surface area (Å²) in [4.78, 5) is 21.4. The molecule has 0 saturated heterocycles. The highest BCUT2D eigenvalue weighted by Gasteiger charge is 2.33. The monoisotopic (exact) mass is 241 g/mol. The molecule has 0 bridgehead atoms. The lowest BCUT2D eigenvalue weighted by molar-refractivity contribution is -0.206. The molecule has 0 unspecified atom stereocenters. The molecule has 15 heavy (non-hydrogen) atoms. The molecule has 1 aromatic rings. The van der Waals surface area contributed by atoms with Gasteiger partial charge < -0.3 is 5.11 Å². The highest BCUT2D eigenvalue weighted by atomic mass is 35.5. The zero-order chi connectivity index (χ0) is 11.8. The maximum atomic E-state index is 12.2. The van der Waals surface area contributed by atoms with Gasteiger partial charge in [-0.15, -0.1) is 13.2 Å². The van der Waals surface area contributed by atoms with Gasteiger partial charge >= 0.3 is 12.3 Å². The molecule has 4 nitrogen and oxygen atoms in total. The van der Waals surface area contributed by atoms with E-state index >= 15 is 0 Å². The van der Waals surface area contributed by atoms with E-state index in [1.807, 2.05) is 0 Å². The molecule has 82 valence electrons. The van der Waals surface area contributed by atoms with E-state index in [-0.39, 0.29) is 0 Å². The van der Waals surface area contributed by atoms with E-state index < -0.39 is 33.0 Å². The molecule has 0 aliphatic heterocycles. The van der Waals surface area contributed by atoms with Gasteiger partial charge in [-0.3, -0.25) is 4.79 Å². The molecule has 1 N–H and O–H groups in total. The molecule has 0 fully saturated rings. The Labute approximate surface area is 85.5 Å². The van der Waals surface area contributed by atoms with Crippen molar-refractivity contribution in [2.45, 2.75) is 6.30 Å². The van der Waals surface area contributed by atoms with Gasteiger partial charge in [0.2, 0.25) is 0 Å². The fourth-order valence-corrected chi connectivity index (χ4v) is 1.10. The van der Waals surface area contributed by atoms with Crippen LogP contribution >= 0.6 is 11.6 Å². The number of pyridine rings is 1. The number of carboxylic acids is 1. The first kappa shape index (κ1) is 11.6. The molecule has 0 aliphatic carbocycles. The van der Waals surface area contributed by atoms with Crippen LogP contribution in [0.3, 0.4) is 0 Å². The summed E-state index contributed by atoms with van der Waals surface area (Å²) in [5.41, 5.74) is -2.70. The lowest BCUT2D eigenvalue weighted by atomic mass is 10.3. The van der Waals surface area contributed by atoms with Crippen LogP contribution < -0.4 is 5.56 Å². The molecule has 1 heterocycles. The van der Waals surface area contributed by atoms with Gasteiger partial charge in [-0.25, -0.2) is 9.36 Å². The second-order valence-corrected chi connectivity index (χ2v) is 2.96. The van der Waals surface area contributed by atoms with Gasteiger partial charge in [0, 0.05) is 6.20 Å². The molecule has 8 heteroatoms. The topological polar surface area (TPSA) is 59.3 Å². The van der Waals surface area contributed by atoms with Crippen molar-refractivity contribution in [3.05, 3.63) is 33.2 Å². The van der Waals surface area contributed by atoms with Crippen molar-refractivity contribution in [2.24, 2.45) is 0 Å². The van der Waals surface area contributed by atoms with Gasteiger partial charge in [0.25, 0.3) is 5.56 Å². The minimum Gasteiger partial charge on any atom is -0.477 e. The predicted molar refractivity (Wildman–Crippen MR) is 44.0 cm³/mol. The first-order valence-corrected chi connectivity index (χ1v) is 3.84. The van der Waals surface area contributed by atoms with Gasteiger partial charge in [-0.05, 0) is 6.07 Å². The number of rotatable bonds is 1. The molecule has 0 atom stereocenters. The number of nitrogens with zero attached hydrogens (tertiary/aromatic N) is 1. The maximum Gasteiger partial charge on any atom is 0.491 e. The van der Waals surface area contributed by atoms with Gasteiger partial charge in [-0.1, -0.05) is 11.6 Å². The minimum atomic E-state index is -4.99. The predicted octanol–water partition coefficient (Wildman–Crippen LogP) is 1.68. The summed E-state index contributed by atoms with van der Waals surface area (Å²) in [6, 6.07) is 0.661. The molecule has 0 amide bonds. The number of halogens is 4. The number of hydrogen-bond acceptors (Lipinski definition) is 2. The van der Waals surface area contributed by atoms with Gasteiger partial charge in [0.15, 0.2) is 0 Å². The van der Waals surface area contributed by atoms with Crippen molar-refractivity contribution in [1.29, 1.82) is 0 Å². The van der Waals surface area contributed by atoms with E-state index in [1.165, 1.54) is 0 Å². The highest BCUT2D eigenvalue weighted by molar-refractivity contribution is 6.30. The number of aromatic nitrogens is 1. The lowest BCUT2D eigenvalue weighted by Crippen LogP contribution is -2.33. The average Bonchev–Trinajstić information content (AvgIpc) is 2.06. The minimum absolute atomic E-state index is 0.316. The van der Waals surface area contributed by atoms with Crippen molar-refractivity contribution in [1.82, 2.24) is 4.57 Å².